The van der Waals surface area contributed by atoms with Crippen molar-refractivity contribution < 1.29 is 9.53 Å². The van der Waals surface area contributed by atoms with Crippen molar-refractivity contribution >= 4 is 16.9 Å². The maximum Gasteiger partial charge on any atom is 0.242 e. The molecule has 1 aliphatic heterocycles. The van der Waals surface area contributed by atoms with Crippen molar-refractivity contribution in [3.63, 3.8) is 0 Å². The van der Waals surface area contributed by atoms with E-state index >= 15 is 0 Å². The average Bonchev–Trinajstić information content (AvgIpc) is 3.05. The van der Waals surface area contributed by atoms with E-state index in [2.05, 4.69) is 0 Å². The number of fused-ring (bicyclic) bond motifs is 1. The number of carbonyl (C=O) groups is 1. The minimum atomic E-state index is 0.162. The monoisotopic (exact) mass is 363 g/mol. The van der Waals surface area contributed by atoms with Crippen molar-refractivity contribution in [1.82, 2.24) is 14.5 Å². The summed E-state index contributed by atoms with van der Waals surface area (Å²) in [7, 11) is 0. The normalized spacial score (nSPS) is 14.5. The molecule has 0 N–H and O–H groups in total. The van der Waals surface area contributed by atoms with E-state index in [1.165, 1.54) is 6.42 Å². The van der Waals surface area contributed by atoms with Crippen LogP contribution >= 0.6 is 0 Å². The number of hydrogen-bond donors (Lipinski definition) is 0. The first kappa shape index (κ1) is 17.6. The van der Waals surface area contributed by atoms with Crippen LogP contribution in [0.1, 0.15) is 30.7 Å². The lowest BCUT2D eigenvalue weighted by molar-refractivity contribution is -0.132. The first-order chi connectivity index (χ1) is 13.2. The van der Waals surface area contributed by atoms with Gasteiger partial charge in [-0.25, -0.2) is 4.98 Å². The summed E-state index contributed by atoms with van der Waals surface area (Å²) in [6.45, 7) is 4.40. The standard InChI is InChI=1S/C22H25N3O2/c1-17-9-3-6-12-20(17)27-16-21-23-18-10-4-5-11-19(18)25(21)15-22(26)24-13-7-2-8-14-24/h3-6,9-12H,2,7-8,13-16H2,1H3. The predicted octanol–water partition coefficient (Wildman–Crippen LogP) is 3.94. The van der Waals surface area contributed by atoms with Gasteiger partial charge in [0.2, 0.25) is 5.91 Å². The highest BCUT2D eigenvalue weighted by Crippen LogP contribution is 2.21. The van der Waals surface area contributed by atoms with Crippen molar-refractivity contribution in [2.75, 3.05) is 13.1 Å². The number of rotatable bonds is 5. The zero-order valence-electron chi connectivity index (χ0n) is 15.7. The van der Waals surface area contributed by atoms with Crippen LogP contribution in [0.15, 0.2) is 48.5 Å². The number of nitrogens with zero attached hydrogens (tertiary/aromatic N) is 3. The fourth-order valence-corrected chi connectivity index (χ4v) is 3.65. The summed E-state index contributed by atoms with van der Waals surface area (Å²) in [5.74, 6) is 1.79. The van der Waals surface area contributed by atoms with Gasteiger partial charge in [-0.05, 0) is 49.9 Å². The van der Waals surface area contributed by atoms with Crippen LogP contribution in [0.4, 0.5) is 0 Å². The van der Waals surface area contributed by atoms with Crippen molar-refractivity contribution in [3.05, 3.63) is 59.9 Å². The number of imidazole rings is 1. The molecule has 5 nitrogen and oxygen atoms in total. The Morgan fingerprint density at radius 1 is 1.04 bits per heavy atom. The molecule has 0 unspecified atom stereocenters. The topological polar surface area (TPSA) is 47.4 Å². The molecule has 0 aliphatic carbocycles. The molecule has 3 aromatic rings. The molecule has 5 heteroatoms. The number of hydrogen-bond acceptors (Lipinski definition) is 3. The summed E-state index contributed by atoms with van der Waals surface area (Å²) < 4.78 is 8.02. The van der Waals surface area contributed by atoms with E-state index in [0.29, 0.717) is 13.2 Å². The van der Waals surface area contributed by atoms with Gasteiger partial charge in [0, 0.05) is 13.1 Å². The Hall–Kier alpha value is -2.82. The number of ether oxygens (including phenoxy) is 1. The second-order valence-corrected chi connectivity index (χ2v) is 7.10. The van der Waals surface area contributed by atoms with Crippen LogP contribution in [-0.4, -0.2) is 33.4 Å². The van der Waals surface area contributed by atoms with Crippen molar-refractivity contribution in [2.24, 2.45) is 0 Å². The van der Waals surface area contributed by atoms with Crippen LogP contribution in [0.3, 0.4) is 0 Å². The van der Waals surface area contributed by atoms with E-state index in [-0.39, 0.29) is 5.91 Å². The van der Waals surface area contributed by atoms with Gasteiger partial charge < -0.3 is 14.2 Å². The molecular weight excluding hydrogens is 338 g/mol. The van der Waals surface area contributed by atoms with Crippen molar-refractivity contribution in [3.8, 4) is 5.75 Å². The lowest BCUT2D eigenvalue weighted by Crippen LogP contribution is -2.38. The fraction of sp³-hybridized carbons (Fsp3) is 0.364. The highest BCUT2D eigenvalue weighted by molar-refractivity contribution is 5.81. The molecule has 0 bridgehead atoms. The number of carbonyl (C=O) groups excluding carboxylic acids is 1. The number of likely N-dealkylation sites (tertiary alicyclic amines) is 1. The van der Waals surface area contributed by atoms with E-state index in [9.17, 15) is 4.79 Å². The molecule has 0 saturated carbocycles. The van der Waals surface area contributed by atoms with Gasteiger partial charge in [-0.15, -0.1) is 0 Å². The Balaban J connectivity index is 1.59. The van der Waals surface area contributed by atoms with E-state index in [4.69, 9.17) is 9.72 Å². The molecule has 2 heterocycles. The lowest BCUT2D eigenvalue weighted by atomic mass is 10.1. The number of aryl methyl sites for hydroxylation is 1. The van der Waals surface area contributed by atoms with Gasteiger partial charge in [-0.2, -0.15) is 0 Å². The Bertz CT molecular complexity index is 942. The number of piperidine rings is 1. The summed E-state index contributed by atoms with van der Waals surface area (Å²) in [5, 5.41) is 0. The van der Waals surface area contributed by atoms with Gasteiger partial charge in [0.15, 0.2) is 0 Å². The first-order valence-corrected chi connectivity index (χ1v) is 9.63. The molecule has 0 spiro atoms. The van der Waals surface area contributed by atoms with Gasteiger partial charge in [-0.1, -0.05) is 30.3 Å². The van der Waals surface area contributed by atoms with Gasteiger partial charge in [0.25, 0.3) is 0 Å². The van der Waals surface area contributed by atoms with Crippen LogP contribution in [0, 0.1) is 6.92 Å². The third kappa shape index (κ3) is 3.82. The maximum absolute atomic E-state index is 12.8. The Labute approximate surface area is 159 Å². The lowest BCUT2D eigenvalue weighted by Gasteiger charge is -2.27. The first-order valence-electron chi connectivity index (χ1n) is 9.63. The highest BCUT2D eigenvalue weighted by Gasteiger charge is 2.20. The van der Waals surface area contributed by atoms with Gasteiger partial charge in [0.1, 0.15) is 24.7 Å². The van der Waals surface area contributed by atoms with Gasteiger partial charge >= 0.3 is 0 Å². The molecule has 1 aliphatic rings. The van der Waals surface area contributed by atoms with E-state index < -0.39 is 0 Å². The molecule has 140 valence electrons. The van der Waals surface area contributed by atoms with Crippen LogP contribution in [0.5, 0.6) is 5.75 Å². The van der Waals surface area contributed by atoms with Crippen LogP contribution in [0.2, 0.25) is 0 Å². The Morgan fingerprint density at radius 2 is 1.78 bits per heavy atom. The number of para-hydroxylation sites is 3. The second-order valence-electron chi connectivity index (χ2n) is 7.10. The molecule has 0 radical (unpaired) electrons. The SMILES string of the molecule is Cc1ccccc1OCc1nc2ccccc2n1CC(=O)N1CCCCC1. The van der Waals surface area contributed by atoms with Gasteiger partial charge in [0.05, 0.1) is 11.0 Å². The molecule has 1 fully saturated rings. The third-order valence-electron chi connectivity index (χ3n) is 5.19. The summed E-state index contributed by atoms with van der Waals surface area (Å²) in [6, 6.07) is 15.9. The number of aromatic nitrogens is 2. The molecular formula is C22H25N3O2. The highest BCUT2D eigenvalue weighted by atomic mass is 16.5. The molecule has 1 aromatic heterocycles. The summed E-state index contributed by atoms with van der Waals surface area (Å²) in [5.41, 5.74) is 2.96. The number of benzene rings is 2. The van der Waals surface area contributed by atoms with Crippen molar-refractivity contribution in [2.45, 2.75) is 39.3 Å². The molecule has 0 atom stereocenters. The molecule has 1 saturated heterocycles. The van der Waals surface area contributed by atoms with E-state index in [1.807, 2.05) is 64.9 Å². The van der Waals surface area contributed by atoms with E-state index in [1.54, 1.807) is 0 Å². The Morgan fingerprint density at radius 3 is 2.59 bits per heavy atom. The maximum atomic E-state index is 12.8. The smallest absolute Gasteiger partial charge is 0.242 e. The largest absolute Gasteiger partial charge is 0.485 e. The second kappa shape index (κ2) is 7.82. The summed E-state index contributed by atoms with van der Waals surface area (Å²) in [6.07, 6.45) is 3.41. The van der Waals surface area contributed by atoms with Crippen LogP contribution < -0.4 is 4.74 Å². The van der Waals surface area contributed by atoms with Crippen LogP contribution in [0.25, 0.3) is 11.0 Å². The van der Waals surface area contributed by atoms with Gasteiger partial charge in [-0.3, -0.25) is 4.79 Å². The summed E-state index contributed by atoms with van der Waals surface area (Å²) >= 11 is 0. The average molecular weight is 363 g/mol. The molecule has 27 heavy (non-hydrogen) atoms. The van der Waals surface area contributed by atoms with Crippen LogP contribution in [-0.2, 0) is 17.9 Å². The zero-order valence-corrected chi connectivity index (χ0v) is 15.7. The minimum absolute atomic E-state index is 0.162. The zero-order chi connectivity index (χ0) is 18.6. The number of amides is 1. The Kier molecular flexibility index (Phi) is 5.10. The fourth-order valence-electron chi connectivity index (χ4n) is 3.65. The molecule has 4 rings (SSSR count). The van der Waals surface area contributed by atoms with E-state index in [0.717, 1.165) is 54.1 Å². The third-order valence-corrected chi connectivity index (χ3v) is 5.19. The quantitative estimate of drug-likeness (QED) is 0.690. The van der Waals surface area contributed by atoms with Crippen molar-refractivity contribution in [1.29, 1.82) is 0 Å². The summed E-state index contributed by atoms with van der Waals surface area (Å²) in [4.78, 5) is 19.5. The molecule has 1 amide bonds. The minimum Gasteiger partial charge on any atom is -0.485 e. The molecule has 2 aromatic carbocycles. The predicted molar refractivity (Wildman–Crippen MR) is 106 cm³/mol.